The van der Waals surface area contributed by atoms with Gasteiger partial charge in [-0.2, -0.15) is 0 Å². The maximum Gasteiger partial charge on any atom is 0.262 e. The lowest BCUT2D eigenvalue weighted by Crippen LogP contribution is -2.22. The van der Waals surface area contributed by atoms with Gasteiger partial charge in [-0.25, -0.2) is 12.8 Å². The number of hydrogen-bond acceptors (Lipinski definition) is 5. The standard InChI is InChI=1S/C21H16FNO5S/c1-11-9-13(22)7-8-18(11)29(26,27)23-17-10-16-19(21(24)25)12(2)28-20(16)15-6-4-3-5-14(15)17/h3-10,23H,1-2H3,(H,24,25)/p-1. The van der Waals surface area contributed by atoms with Gasteiger partial charge in [-0.1, -0.05) is 24.3 Å². The minimum Gasteiger partial charge on any atom is -0.545 e. The molecule has 8 heteroatoms. The smallest absolute Gasteiger partial charge is 0.262 e. The fourth-order valence-corrected chi connectivity index (χ4v) is 4.79. The van der Waals surface area contributed by atoms with Crippen molar-refractivity contribution in [1.29, 1.82) is 0 Å². The van der Waals surface area contributed by atoms with Crippen LogP contribution in [0.4, 0.5) is 10.1 Å². The van der Waals surface area contributed by atoms with E-state index >= 15 is 0 Å². The molecule has 0 atom stereocenters. The van der Waals surface area contributed by atoms with Crippen LogP contribution in [0, 0.1) is 19.7 Å². The molecule has 3 aromatic carbocycles. The molecule has 0 unspecified atom stereocenters. The summed E-state index contributed by atoms with van der Waals surface area (Å²) in [5, 5.41) is 12.9. The van der Waals surface area contributed by atoms with Gasteiger partial charge in [0.15, 0.2) is 0 Å². The molecule has 0 bridgehead atoms. The van der Waals surface area contributed by atoms with Crippen molar-refractivity contribution in [3.8, 4) is 0 Å². The van der Waals surface area contributed by atoms with Gasteiger partial charge in [0.2, 0.25) is 0 Å². The molecule has 0 aliphatic heterocycles. The second kappa shape index (κ2) is 6.59. The highest BCUT2D eigenvalue weighted by molar-refractivity contribution is 7.92. The molecular weight excluding hydrogens is 397 g/mol. The summed E-state index contributed by atoms with van der Waals surface area (Å²) in [4.78, 5) is 11.5. The maximum atomic E-state index is 13.4. The SMILES string of the molecule is Cc1cc(F)ccc1S(=O)(=O)Nc1cc2c(C(=O)[O-])c(C)oc2c2ccccc12. The van der Waals surface area contributed by atoms with E-state index in [0.717, 1.165) is 12.1 Å². The summed E-state index contributed by atoms with van der Waals surface area (Å²) in [6.45, 7) is 3.00. The summed E-state index contributed by atoms with van der Waals surface area (Å²) in [5.74, 6) is -1.79. The molecule has 0 radical (unpaired) electrons. The lowest BCUT2D eigenvalue weighted by atomic mass is 10.0. The topological polar surface area (TPSA) is 99.4 Å². The van der Waals surface area contributed by atoms with Gasteiger partial charge in [0, 0.05) is 21.7 Å². The van der Waals surface area contributed by atoms with E-state index in [1.165, 1.54) is 26.0 Å². The summed E-state index contributed by atoms with van der Waals surface area (Å²) in [5.41, 5.74) is 0.625. The number of anilines is 1. The Morgan fingerprint density at radius 1 is 1.03 bits per heavy atom. The van der Waals surface area contributed by atoms with Crippen LogP contribution in [-0.4, -0.2) is 14.4 Å². The highest BCUT2D eigenvalue weighted by Gasteiger charge is 2.22. The molecule has 1 heterocycles. The summed E-state index contributed by atoms with van der Waals surface area (Å²) in [7, 11) is -4.06. The molecule has 0 spiro atoms. The Morgan fingerprint density at radius 3 is 2.38 bits per heavy atom. The number of hydrogen-bond donors (Lipinski definition) is 1. The van der Waals surface area contributed by atoms with Crippen LogP contribution >= 0.6 is 0 Å². The fraction of sp³-hybridized carbons (Fsp3) is 0.0952. The summed E-state index contributed by atoms with van der Waals surface area (Å²) < 4.78 is 47.4. The molecular formula is C21H15FNO5S-. The normalized spacial score (nSPS) is 11.8. The predicted octanol–water partition coefficient (Wildman–Crippen LogP) is 3.51. The Hall–Kier alpha value is -3.39. The highest BCUT2D eigenvalue weighted by Crippen LogP contribution is 2.37. The Bertz CT molecular complexity index is 1410. The highest BCUT2D eigenvalue weighted by atomic mass is 32.2. The number of fused-ring (bicyclic) bond motifs is 3. The molecule has 148 valence electrons. The second-order valence-corrected chi connectivity index (χ2v) is 8.33. The Balaban J connectivity index is 1.97. The first-order chi connectivity index (χ1) is 13.7. The molecule has 0 fully saturated rings. The molecule has 4 aromatic rings. The van der Waals surface area contributed by atoms with Gasteiger partial charge in [-0.05, 0) is 43.7 Å². The van der Waals surface area contributed by atoms with E-state index in [4.69, 9.17) is 4.42 Å². The van der Waals surface area contributed by atoms with Crippen LogP contribution in [0.2, 0.25) is 0 Å². The first-order valence-corrected chi connectivity index (χ1v) is 10.1. The average molecular weight is 412 g/mol. The summed E-state index contributed by atoms with van der Waals surface area (Å²) >= 11 is 0. The number of carbonyl (C=O) groups excluding carboxylic acids is 1. The number of halogens is 1. The van der Waals surface area contributed by atoms with Crippen molar-refractivity contribution in [2.45, 2.75) is 18.7 Å². The first kappa shape index (κ1) is 18.9. The third-order valence-electron chi connectivity index (χ3n) is 4.75. The number of benzene rings is 3. The van der Waals surface area contributed by atoms with Crippen LogP contribution in [0.25, 0.3) is 21.7 Å². The Morgan fingerprint density at radius 2 is 1.72 bits per heavy atom. The molecule has 6 nitrogen and oxygen atoms in total. The van der Waals surface area contributed by atoms with Crippen molar-refractivity contribution in [2.24, 2.45) is 0 Å². The van der Waals surface area contributed by atoms with Crippen LogP contribution in [0.5, 0.6) is 0 Å². The van der Waals surface area contributed by atoms with Gasteiger partial charge in [0.25, 0.3) is 10.0 Å². The van der Waals surface area contributed by atoms with Gasteiger partial charge >= 0.3 is 0 Å². The number of sulfonamides is 1. The van der Waals surface area contributed by atoms with Gasteiger partial charge in [0.05, 0.1) is 16.6 Å². The van der Waals surface area contributed by atoms with Crippen LogP contribution < -0.4 is 9.83 Å². The van der Waals surface area contributed by atoms with E-state index in [-0.39, 0.29) is 32.9 Å². The van der Waals surface area contributed by atoms with Crippen molar-refractivity contribution < 1.29 is 27.1 Å². The summed E-state index contributed by atoms with van der Waals surface area (Å²) in [6, 6.07) is 11.7. The van der Waals surface area contributed by atoms with Crippen molar-refractivity contribution in [1.82, 2.24) is 0 Å². The second-order valence-electron chi connectivity index (χ2n) is 6.68. The molecule has 1 aromatic heterocycles. The Kier molecular flexibility index (Phi) is 4.31. The number of carboxylic acids is 1. The van der Waals surface area contributed by atoms with Gasteiger partial charge in [-0.15, -0.1) is 0 Å². The van der Waals surface area contributed by atoms with Crippen LogP contribution in [0.1, 0.15) is 21.7 Å². The van der Waals surface area contributed by atoms with E-state index in [2.05, 4.69) is 4.72 Å². The third-order valence-corrected chi connectivity index (χ3v) is 6.27. The number of carbonyl (C=O) groups is 1. The molecule has 0 amide bonds. The number of aryl methyl sites for hydroxylation is 2. The zero-order chi connectivity index (χ0) is 20.9. The quantitative estimate of drug-likeness (QED) is 0.553. The molecule has 29 heavy (non-hydrogen) atoms. The lowest BCUT2D eigenvalue weighted by molar-refractivity contribution is -0.254. The van der Waals surface area contributed by atoms with Crippen molar-refractivity contribution in [2.75, 3.05) is 4.72 Å². The van der Waals surface area contributed by atoms with E-state index in [1.807, 2.05) is 0 Å². The van der Waals surface area contributed by atoms with Crippen molar-refractivity contribution >= 4 is 43.4 Å². The number of aromatic carboxylic acids is 1. The van der Waals surface area contributed by atoms with E-state index in [1.54, 1.807) is 24.3 Å². The minimum atomic E-state index is -4.06. The predicted molar refractivity (Wildman–Crippen MR) is 105 cm³/mol. The van der Waals surface area contributed by atoms with Crippen LogP contribution in [-0.2, 0) is 10.0 Å². The van der Waals surface area contributed by atoms with E-state index in [0.29, 0.717) is 16.4 Å². The minimum absolute atomic E-state index is 0.0772. The van der Waals surface area contributed by atoms with Gasteiger partial charge < -0.3 is 14.3 Å². The van der Waals surface area contributed by atoms with Gasteiger partial charge in [-0.3, -0.25) is 4.72 Å². The monoisotopic (exact) mass is 412 g/mol. The number of rotatable bonds is 4. The largest absolute Gasteiger partial charge is 0.545 e. The molecule has 1 N–H and O–H groups in total. The molecule has 0 aliphatic rings. The maximum absolute atomic E-state index is 13.4. The van der Waals surface area contributed by atoms with E-state index < -0.39 is 21.8 Å². The zero-order valence-corrected chi connectivity index (χ0v) is 16.3. The molecule has 0 saturated carbocycles. The number of nitrogens with one attached hydrogen (secondary N) is 1. The summed E-state index contributed by atoms with van der Waals surface area (Å²) in [6.07, 6.45) is 0. The van der Waals surface area contributed by atoms with Crippen LogP contribution in [0.15, 0.2) is 57.8 Å². The third kappa shape index (κ3) is 3.11. The van der Waals surface area contributed by atoms with Crippen LogP contribution in [0.3, 0.4) is 0 Å². The average Bonchev–Trinajstić information content (AvgIpc) is 2.97. The molecule has 0 aliphatic carbocycles. The molecule has 4 rings (SSSR count). The lowest BCUT2D eigenvalue weighted by Gasteiger charge is -2.13. The Labute approximate surface area is 165 Å². The number of carboxylic acid groups (broad SMARTS) is 1. The zero-order valence-electron chi connectivity index (χ0n) is 15.4. The van der Waals surface area contributed by atoms with Crippen molar-refractivity contribution in [3.63, 3.8) is 0 Å². The van der Waals surface area contributed by atoms with E-state index in [9.17, 15) is 22.7 Å². The van der Waals surface area contributed by atoms with Crippen molar-refractivity contribution in [3.05, 3.63) is 71.2 Å². The first-order valence-electron chi connectivity index (χ1n) is 8.64. The molecule has 0 saturated heterocycles. The van der Waals surface area contributed by atoms with Gasteiger partial charge in [0.1, 0.15) is 17.2 Å². The number of furan rings is 1. The fourth-order valence-electron chi connectivity index (χ4n) is 3.49.